The number of nitrogens with zero attached hydrogens (tertiary/aromatic N) is 3. The Hall–Kier alpha value is -0.870. The zero-order chi connectivity index (χ0) is 18.4. The molecule has 2 aliphatic heterocycles. The highest BCUT2D eigenvalue weighted by atomic mass is 35.5. The molecular weight excluding hydrogens is 397 g/mol. The van der Waals surface area contributed by atoms with Crippen molar-refractivity contribution in [2.24, 2.45) is 10.5 Å². The fourth-order valence-electron chi connectivity index (χ4n) is 4.35. The number of halogens is 1. The van der Waals surface area contributed by atoms with E-state index in [0.29, 0.717) is 0 Å². The SMILES string of the molecule is COP1(=S)C2=C(N3CCCCC3)CC(C)(C)CC2=NN1c1ccccc1.Cl. The van der Waals surface area contributed by atoms with Gasteiger partial charge in [-0.2, -0.15) is 5.10 Å². The molecule has 0 saturated carbocycles. The van der Waals surface area contributed by atoms with Crippen molar-refractivity contribution in [3.63, 3.8) is 0 Å². The van der Waals surface area contributed by atoms with Gasteiger partial charge in [0, 0.05) is 25.9 Å². The molecule has 0 aromatic heterocycles. The Bertz CT molecular complexity index is 803. The molecule has 148 valence electrons. The summed E-state index contributed by atoms with van der Waals surface area (Å²) >= 11 is 6.21. The van der Waals surface area contributed by atoms with Crippen molar-refractivity contribution in [1.82, 2.24) is 4.90 Å². The van der Waals surface area contributed by atoms with Crippen LogP contribution in [0.5, 0.6) is 0 Å². The van der Waals surface area contributed by atoms with Gasteiger partial charge < -0.3 is 9.42 Å². The van der Waals surface area contributed by atoms with Crippen LogP contribution in [-0.4, -0.2) is 30.8 Å². The van der Waals surface area contributed by atoms with Gasteiger partial charge in [0.05, 0.1) is 16.7 Å². The van der Waals surface area contributed by atoms with E-state index in [9.17, 15) is 0 Å². The molecule has 4 rings (SSSR count). The number of hydrazone groups is 1. The molecule has 0 bridgehead atoms. The maximum absolute atomic E-state index is 6.21. The van der Waals surface area contributed by atoms with Crippen LogP contribution in [0.4, 0.5) is 5.69 Å². The molecule has 1 unspecified atom stereocenters. The van der Waals surface area contributed by atoms with Crippen molar-refractivity contribution in [2.45, 2.75) is 46.0 Å². The topological polar surface area (TPSA) is 28.1 Å². The molecule has 4 nitrogen and oxygen atoms in total. The average molecular weight is 426 g/mol. The van der Waals surface area contributed by atoms with Gasteiger partial charge in [0.1, 0.15) is 0 Å². The standard InChI is InChI=1S/C20H28N3OPS.ClH/c1-20(2)14-17-19(18(15-20)22-12-8-5-9-13-22)25(26,24-3)23(21-17)16-10-6-4-7-11-16;/h4,6-7,10-11H,5,8-9,12-15H2,1-3H3;1H. The summed E-state index contributed by atoms with van der Waals surface area (Å²) in [5, 5.41) is 6.27. The van der Waals surface area contributed by atoms with Crippen LogP contribution in [0, 0.1) is 5.41 Å². The van der Waals surface area contributed by atoms with Crippen LogP contribution in [0.25, 0.3) is 0 Å². The van der Waals surface area contributed by atoms with Crippen molar-refractivity contribution in [3.05, 3.63) is 41.3 Å². The lowest BCUT2D eigenvalue weighted by Crippen LogP contribution is -2.36. The first-order valence-electron chi connectivity index (χ1n) is 9.53. The van der Waals surface area contributed by atoms with Gasteiger partial charge in [0.15, 0.2) is 0 Å². The van der Waals surface area contributed by atoms with E-state index in [1.165, 1.54) is 30.3 Å². The molecule has 3 aliphatic rings. The van der Waals surface area contributed by atoms with Gasteiger partial charge in [-0.15, -0.1) is 12.4 Å². The van der Waals surface area contributed by atoms with Gasteiger partial charge in [-0.3, -0.25) is 0 Å². The number of anilines is 1. The number of para-hydroxylation sites is 1. The lowest BCUT2D eigenvalue weighted by Gasteiger charge is -2.41. The molecule has 27 heavy (non-hydrogen) atoms. The summed E-state index contributed by atoms with van der Waals surface area (Å²) in [5.41, 5.74) is 3.79. The molecular formula is C20H29ClN3OPS. The van der Waals surface area contributed by atoms with E-state index >= 15 is 0 Å². The van der Waals surface area contributed by atoms with Gasteiger partial charge in [0.25, 0.3) is 0 Å². The van der Waals surface area contributed by atoms with E-state index in [0.717, 1.165) is 37.3 Å². The van der Waals surface area contributed by atoms with Crippen molar-refractivity contribution in [1.29, 1.82) is 0 Å². The maximum atomic E-state index is 6.21. The Labute approximate surface area is 174 Å². The van der Waals surface area contributed by atoms with Crippen LogP contribution >= 0.6 is 18.8 Å². The predicted octanol–water partition coefficient (Wildman–Crippen LogP) is 5.76. The Morgan fingerprint density at radius 1 is 1.07 bits per heavy atom. The van der Waals surface area contributed by atoms with Crippen molar-refractivity contribution in [2.75, 3.05) is 25.0 Å². The summed E-state index contributed by atoms with van der Waals surface area (Å²) in [4.78, 5) is 2.57. The number of allylic oxidation sites excluding steroid dienone is 2. The predicted molar refractivity (Wildman–Crippen MR) is 120 cm³/mol. The quantitative estimate of drug-likeness (QED) is 0.575. The second-order valence-corrected chi connectivity index (χ2v) is 12.0. The Morgan fingerprint density at radius 2 is 1.74 bits per heavy atom. The number of fused-ring (bicyclic) bond motifs is 1. The Balaban J connectivity index is 0.00000210. The van der Waals surface area contributed by atoms with E-state index in [-0.39, 0.29) is 17.8 Å². The summed E-state index contributed by atoms with van der Waals surface area (Å²) in [7, 11) is 1.76. The average Bonchev–Trinajstić information content (AvgIpc) is 2.94. The third-order valence-electron chi connectivity index (χ3n) is 5.56. The number of hydrogen-bond donors (Lipinski definition) is 0. The van der Waals surface area contributed by atoms with E-state index in [1.807, 2.05) is 23.0 Å². The maximum Gasteiger partial charge on any atom is 0.209 e. The normalized spacial score (nSPS) is 27.1. The van der Waals surface area contributed by atoms with E-state index in [1.54, 1.807) is 7.11 Å². The van der Waals surface area contributed by atoms with Gasteiger partial charge in [-0.25, -0.2) is 4.78 Å². The molecule has 0 N–H and O–H groups in total. The second-order valence-electron chi connectivity index (χ2n) is 8.24. The molecule has 1 aliphatic carbocycles. The van der Waals surface area contributed by atoms with Crippen molar-refractivity contribution >= 4 is 42.0 Å². The minimum absolute atomic E-state index is 0. The molecule has 1 saturated heterocycles. The highest BCUT2D eigenvalue weighted by molar-refractivity contribution is 8.15. The lowest BCUT2D eigenvalue weighted by atomic mass is 9.78. The first-order chi connectivity index (χ1) is 12.4. The molecule has 7 heteroatoms. The molecule has 0 amide bonds. The van der Waals surface area contributed by atoms with Crippen LogP contribution in [0.2, 0.25) is 0 Å². The first-order valence-corrected chi connectivity index (χ1v) is 12.2. The Morgan fingerprint density at radius 3 is 2.37 bits per heavy atom. The van der Waals surface area contributed by atoms with Crippen LogP contribution < -0.4 is 4.78 Å². The minimum atomic E-state index is -2.39. The summed E-state index contributed by atoms with van der Waals surface area (Å²) in [6.45, 7) is 6.95. The van der Waals surface area contributed by atoms with Gasteiger partial charge in [0.2, 0.25) is 6.42 Å². The number of likely N-dealkylation sites (tertiary alicyclic amines) is 1. The molecule has 1 aromatic carbocycles. The number of piperidine rings is 1. The zero-order valence-electron chi connectivity index (χ0n) is 16.4. The van der Waals surface area contributed by atoms with Gasteiger partial charge in [-0.05, 0) is 61.5 Å². The van der Waals surface area contributed by atoms with Crippen molar-refractivity contribution in [3.8, 4) is 0 Å². The Kier molecular flexibility index (Phi) is 6.08. The molecule has 2 heterocycles. The smallest absolute Gasteiger partial charge is 0.209 e. The summed E-state index contributed by atoms with van der Waals surface area (Å²) in [5.74, 6) is 0. The monoisotopic (exact) mass is 425 g/mol. The number of rotatable bonds is 3. The summed E-state index contributed by atoms with van der Waals surface area (Å²) in [6, 6.07) is 10.3. The van der Waals surface area contributed by atoms with Crippen LogP contribution in [0.1, 0.15) is 46.0 Å². The van der Waals surface area contributed by atoms with Crippen LogP contribution in [0.15, 0.2) is 46.4 Å². The summed E-state index contributed by atoms with van der Waals surface area (Å²) < 4.78 is 8.09. The van der Waals surface area contributed by atoms with E-state index in [4.69, 9.17) is 21.4 Å². The van der Waals surface area contributed by atoms with Gasteiger partial charge >= 0.3 is 0 Å². The van der Waals surface area contributed by atoms with E-state index < -0.39 is 6.42 Å². The second kappa shape index (κ2) is 7.87. The largest absolute Gasteiger partial charge is 0.374 e. The molecule has 0 radical (unpaired) electrons. The molecule has 1 fully saturated rings. The first kappa shape index (κ1) is 20.9. The highest BCUT2D eigenvalue weighted by Crippen LogP contribution is 2.67. The number of benzene rings is 1. The van der Waals surface area contributed by atoms with E-state index in [2.05, 4.69) is 30.9 Å². The van der Waals surface area contributed by atoms with Crippen LogP contribution in [-0.2, 0) is 16.3 Å². The third-order valence-corrected chi connectivity index (χ3v) is 9.41. The summed E-state index contributed by atoms with van der Waals surface area (Å²) in [6.07, 6.45) is 3.49. The lowest BCUT2D eigenvalue weighted by molar-refractivity contribution is 0.240. The molecule has 1 aromatic rings. The zero-order valence-corrected chi connectivity index (χ0v) is 18.9. The molecule has 1 atom stereocenters. The fourth-order valence-corrected chi connectivity index (χ4v) is 7.56. The van der Waals surface area contributed by atoms with Gasteiger partial charge in [-0.1, -0.05) is 32.0 Å². The third kappa shape index (κ3) is 3.72. The van der Waals surface area contributed by atoms with Crippen LogP contribution in [0.3, 0.4) is 0 Å². The fraction of sp³-hybridized carbons (Fsp3) is 0.550. The highest BCUT2D eigenvalue weighted by Gasteiger charge is 2.47. The van der Waals surface area contributed by atoms with Crippen molar-refractivity contribution < 1.29 is 4.52 Å². The number of hydrogen-bond acceptors (Lipinski definition) is 4. The minimum Gasteiger partial charge on any atom is -0.374 e. The molecule has 0 spiro atoms.